The molecular formula is C19H23N7OS. The minimum Gasteiger partial charge on any atom is -0.299 e. The number of aryl methyl sites for hydroxylation is 1. The molecule has 0 atom stereocenters. The fourth-order valence-corrected chi connectivity index (χ4v) is 4.04. The molecule has 0 aromatic carbocycles. The molecule has 4 rings (SSSR count). The van der Waals surface area contributed by atoms with Crippen LogP contribution in [0.25, 0.3) is 11.3 Å². The monoisotopic (exact) mass is 397 g/mol. The molecule has 0 bridgehead atoms. The second kappa shape index (κ2) is 8.68. The standard InChI is InChI=1S/C19H23N7OS/c1-15-21-22-18(28-15)14-25-10-8-24(9-11-25)12-13-26-19(27)3-2-17(23-26)16-4-6-20-7-5-16/h2-7H,8-14H2,1H3. The van der Waals surface area contributed by atoms with Crippen LogP contribution >= 0.6 is 11.3 Å². The highest BCUT2D eigenvalue weighted by Crippen LogP contribution is 2.14. The lowest BCUT2D eigenvalue weighted by Crippen LogP contribution is -2.47. The van der Waals surface area contributed by atoms with Crippen LogP contribution in [0, 0.1) is 6.92 Å². The zero-order chi connectivity index (χ0) is 19.3. The lowest BCUT2D eigenvalue weighted by molar-refractivity contribution is 0.122. The van der Waals surface area contributed by atoms with Crippen molar-refractivity contribution >= 4 is 11.3 Å². The van der Waals surface area contributed by atoms with Crippen LogP contribution in [0.2, 0.25) is 0 Å². The van der Waals surface area contributed by atoms with Crippen molar-refractivity contribution in [3.63, 3.8) is 0 Å². The van der Waals surface area contributed by atoms with E-state index in [4.69, 9.17) is 0 Å². The van der Waals surface area contributed by atoms with Crippen LogP contribution in [0.3, 0.4) is 0 Å². The lowest BCUT2D eigenvalue weighted by atomic mass is 10.2. The Morgan fingerprint density at radius 2 is 1.71 bits per heavy atom. The number of nitrogens with zero attached hydrogens (tertiary/aromatic N) is 7. The molecule has 0 unspecified atom stereocenters. The van der Waals surface area contributed by atoms with Crippen LogP contribution in [0.5, 0.6) is 0 Å². The SMILES string of the molecule is Cc1nnc(CN2CCN(CCn3nc(-c4ccncc4)ccc3=O)CC2)s1. The average molecular weight is 398 g/mol. The molecule has 146 valence electrons. The maximum absolute atomic E-state index is 12.2. The number of hydrogen-bond donors (Lipinski definition) is 0. The summed E-state index contributed by atoms with van der Waals surface area (Å²) in [7, 11) is 0. The maximum atomic E-state index is 12.2. The quantitative estimate of drug-likeness (QED) is 0.620. The Labute approximate surface area is 167 Å². The van der Waals surface area contributed by atoms with Gasteiger partial charge in [-0.05, 0) is 25.1 Å². The summed E-state index contributed by atoms with van der Waals surface area (Å²) in [6.45, 7) is 8.22. The molecule has 1 aliphatic rings. The molecule has 8 nitrogen and oxygen atoms in total. The minimum absolute atomic E-state index is 0.0666. The molecule has 0 N–H and O–H groups in total. The van der Waals surface area contributed by atoms with Gasteiger partial charge < -0.3 is 0 Å². The molecule has 3 aromatic rings. The molecule has 4 heterocycles. The normalized spacial score (nSPS) is 15.8. The van der Waals surface area contributed by atoms with E-state index >= 15 is 0 Å². The van der Waals surface area contributed by atoms with Gasteiger partial charge in [-0.1, -0.05) is 0 Å². The molecular weight excluding hydrogens is 374 g/mol. The Morgan fingerprint density at radius 1 is 0.964 bits per heavy atom. The van der Waals surface area contributed by atoms with Crippen molar-refractivity contribution < 1.29 is 0 Å². The van der Waals surface area contributed by atoms with Crippen LogP contribution in [-0.4, -0.2) is 67.5 Å². The molecule has 0 radical (unpaired) electrons. The molecule has 28 heavy (non-hydrogen) atoms. The first-order chi connectivity index (χ1) is 13.7. The van der Waals surface area contributed by atoms with Crippen LogP contribution in [0.15, 0.2) is 41.5 Å². The predicted octanol–water partition coefficient (Wildman–Crippen LogP) is 1.28. The molecule has 0 saturated carbocycles. The van der Waals surface area contributed by atoms with Crippen molar-refractivity contribution in [2.45, 2.75) is 20.0 Å². The van der Waals surface area contributed by atoms with Gasteiger partial charge in [0.05, 0.1) is 18.8 Å². The largest absolute Gasteiger partial charge is 0.299 e. The Balaban J connectivity index is 1.31. The molecule has 1 aliphatic heterocycles. The molecule has 0 amide bonds. The predicted molar refractivity (Wildman–Crippen MR) is 108 cm³/mol. The van der Waals surface area contributed by atoms with Gasteiger partial charge in [0, 0.05) is 56.7 Å². The van der Waals surface area contributed by atoms with Gasteiger partial charge in [-0.2, -0.15) is 5.10 Å². The second-order valence-electron chi connectivity index (χ2n) is 6.85. The Bertz CT molecular complexity index is 964. The Hall–Kier alpha value is -2.49. The summed E-state index contributed by atoms with van der Waals surface area (Å²) in [5, 5.41) is 14.9. The molecule has 0 spiro atoms. The third-order valence-corrected chi connectivity index (χ3v) is 5.69. The fourth-order valence-electron chi connectivity index (χ4n) is 3.29. The summed E-state index contributed by atoms with van der Waals surface area (Å²) < 4.78 is 1.56. The summed E-state index contributed by atoms with van der Waals surface area (Å²) in [5.74, 6) is 0. The first-order valence-corrected chi connectivity index (χ1v) is 10.2. The third kappa shape index (κ3) is 4.67. The summed E-state index contributed by atoms with van der Waals surface area (Å²) in [5.41, 5.74) is 1.69. The van der Waals surface area contributed by atoms with Crippen LogP contribution < -0.4 is 5.56 Å². The second-order valence-corrected chi connectivity index (χ2v) is 8.11. The van der Waals surface area contributed by atoms with Crippen molar-refractivity contribution in [1.29, 1.82) is 0 Å². The first kappa shape index (κ1) is 18.9. The van der Waals surface area contributed by atoms with Gasteiger partial charge in [0.15, 0.2) is 0 Å². The molecule has 3 aromatic heterocycles. The van der Waals surface area contributed by atoms with Gasteiger partial charge >= 0.3 is 0 Å². The smallest absolute Gasteiger partial charge is 0.266 e. The topological polar surface area (TPSA) is 80.0 Å². The van der Waals surface area contributed by atoms with Crippen LogP contribution in [0.1, 0.15) is 10.0 Å². The van der Waals surface area contributed by atoms with E-state index in [1.54, 1.807) is 40.5 Å². The van der Waals surface area contributed by atoms with Gasteiger partial charge in [0.1, 0.15) is 10.0 Å². The fraction of sp³-hybridized carbons (Fsp3) is 0.421. The summed E-state index contributed by atoms with van der Waals surface area (Å²) in [6, 6.07) is 7.15. The van der Waals surface area contributed by atoms with Crippen LogP contribution in [0.4, 0.5) is 0 Å². The van der Waals surface area contributed by atoms with Crippen LogP contribution in [-0.2, 0) is 13.1 Å². The number of aromatic nitrogens is 5. The van der Waals surface area contributed by atoms with E-state index in [0.717, 1.165) is 60.5 Å². The molecule has 0 aliphatic carbocycles. The molecule has 1 saturated heterocycles. The summed E-state index contributed by atoms with van der Waals surface area (Å²) in [4.78, 5) is 21.0. The molecule has 9 heteroatoms. The Morgan fingerprint density at radius 3 is 2.43 bits per heavy atom. The van der Waals surface area contributed by atoms with Gasteiger partial charge in [-0.25, -0.2) is 4.68 Å². The van der Waals surface area contributed by atoms with Crippen molar-refractivity contribution in [3.8, 4) is 11.3 Å². The summed E-state index contributed by atoms with van der Waals surface area (Å²) in [6.07, 6.45) is 3.46. The van der Waals surface area contributed by atoms with E-state index in [9.17, 15) is 4.79 Å². The van der Waals surface area contributed by atoms with E-state index in [1.807, 2.05) is 19.1 Å². The minimum atomic E-state index is -0.0666. The molecule has 1 fully saturated rings. The Kier molecular flexibility index (Phi) is 5.84. The van der Waals surface area contributed by atoms with Gasteiger partial charge in [-0.15, -0.1) is 21.5 Å². The highest BCUT2D eigenvalue weighted by molar-refractivity contribution is 7.11. The number of pyridine rings is 1. The van der Waals surface area contributed by atoms with Gasteiger partial charge in [0.25, 0.3) is 5.56 Å². The number of piperazine rings is 1. The van der Waals surface area contributed by atoms with E-state index in [-0.39, 0.29) is 5.56 Å². The van der Waals surface area contributed by atoms with Crippen molar-refractivity contribution in [2.75, 3.05) is 32.7 Å². The highest BCUT2D eigenvalue weighted by atomic mass is 32.1. The van der Waals surface area contributed by atoms with E-state index in [2.05, 4.69) is 30.1 Å². The number of hydrogen-bond acceptors (Lipinski definition) is 8. The van der Waals surface area contributed by atoms with Crippen molar-refractivity contribution in [3.05, 3.63) is 57.0 Å². The van der Waals surface area contributed by atoms with E-state index < -0.39 is 0 Å². The van der Waals surface area contributed by atoms with Gasteiger partial charge in [0.2, 0.25) is 0 Å². The zero-order valence-electron chi connectivity index (χ0n) is 15.9. The van der Waals surface area contributed by atoms with Gasteiger partial charge in [-0.3, -0.25) is 19.6 Å². The first-order valence-electron chi connectivity index (χ1n) is 9.40. The zero-order valence-corrected chi connectivity index (χ0v) is 16.7. The summed E-state index contributed by atoms with van der Waals surface area (Å²) >= 11 is 1.66. The average Bonchev–Trinajstić information content (AvgIpc) is 3.14. The third-order valence-electron chi connectivity index (χ3n) is 4.86. The van der Waals surface area contributed by atoms with E-state index in [0.29, 0.717) is 6.54 Å². The maximum Gasteiger partial charge on any atom is 0.266 e. The van der Waals surface area contributed by atoms with Crippen molar-refractivity contribution in [2.24, 2.45) is 0 Å². The highest BCUT2D eigenvalue weighted by Gasteiger charge is 2.18. The van der Waals surface area contributed by atoms with Crippen molar-refractivity contribution in [1.82, 2.24) is 34.8 Å². The van der Waals surface area contributed by atoms with E-state index in [1.165, 1.54) is 0 Å². The lowest BCUT2D eigenvalue weighted by Gasteiger charge is -2.34. The number of rotatable bonds is 6.